The molecule has 108 valence electrons. The summed E-state index contributed by atoms with van der Waals surface area (Å²) in [5.41, 5.74) is 7.27. The molecule has 1 aliphatic rings. The number of benzene rings is 2. The molecule has 1 heterocycles. The SMILES string of the molecule is Nc1cc2c(cc1NC(=O)Cc1cccc(F)c1)OCO2. The summed E-state index contributed by atoms with van der Waals surface area (Å²) >= 11 is 0. The van der Waals surface area contributed by atoms with Crippen molar-refractivity contribution in [2.75, 3.05) is 17.8 Å². The van der Waals surface area contributed by atoms with Crippen molar-refractivity contribution in [3.05, 3.63) is 47.8 Å². The van der Waals surface area contributed by atoms with Gasteiger partial charge in [-0.1, -0.05) is 12.1 Å². The van der Waals surface area contributed by atoms with Crippen LogP contribution in [0.1, 0.15) is 5.56 Å². The molecule has 0 unspecified atom stereocenters. The molecule has 0 saturated heterocycles. The molecule has 1 aliphatic heterocycles. The third-order valence-corrected chi connectivity index (χ3v) is 3.07. The van der Waals surface area contributed by atoms with Crippen LogP contribution < -0.4 is 20.5 Å². The Morgan fingerprint density at radius 3 is 2.76 bits per heavy atom. The maximum absolute atomic E-state index is 13.1. The van der Waals surface area contributed by atoms with E-state index in [1.54, 1.807) is 24.3 Å². The standard InChI is InChI=1S/C15H13FN2O3/c16-10-3-1-2-9(4-10)5-15(19)18-12-7-14-13(6-11(12)17)20-8-21-14/h1-4,6-7H,5,8,17H2,(H,18,19). The first-order valence-corrected chi connectivity index (χ1v) is 6.35. The molecule has 0 spiro atoms. The maximum Gasteiger partial charge on any atom is 0.231 e. The van der Waals surface area contributed by atoms with Gasteiger partial charge in [-0.05, 0) is 17.7 Å². The van der Waals surface area contributed by atoms with E-state index in [9.17, 15) is 9.18 Å². The fourth-order valence-electron chi connectivity index (χ4n) is 2.09. The van der Waals surface area contributed by atoms with Gasteiger partial charge in [-0.25, -0.2) is 4.39 Å². The van der Waals surface area contributed by atoms with Crippen molar-refractivity contribution in [3.8, 4) is 11.5 Å². The number of amides is 1. The van der Waals surface area contributed by atoms with Crippen LogP contribution in [0.15, 0.2) is 36.4 Å². The predicted molar refractivity (Wildman–Crippen MR) is 75.7 cm³/mol. The second-order valence-corrected chi connectivity index (χ2v) is 4.65. The minimum atomic E-state index is -0.372. The number of carbonyl (C=O) groups is 1. The molecular weight excluding hydrogens is 275 g/mol. The number of halogens is 1. The van der Waals surface area contributed by atoms with Gasteiger partial charge in [0.1, 0.15) is 5.82 Å². The third kappa shape index (κ3) is 2.89. The second-order valence-electron chi connectivity index (χ2n) is 4.65. The zero-order valence-corrected chi connectivity index (χ0v) is 11.1. The highest BCUT2D eigenvalue weighted by atomic mass is 19.1. The molecule has 2 aromatic carbocycles. The number of carbonyl (C=O) groups excluding carboxylic acids is 1. The molecule has 0 aromatic heterocycles. The van der Waals surface area contributed by atoms with Crippen molar-refractivity contribution < 1.29 is 18.7 Å². The van der Waals surface area contributed by atoms with Crippen molar-refractivity contribution in [1.82, 2.24) is 0 Å². The Hall–Kier alpha value is -2.76. The molecule has 3 rings (SSSR count). The van der Waals surface area contributed by atoms with Gasteiger partial charge in [0.05, 0.1) is 17.8 Å². The van der Waals surface area contributed by atoms with Crippen LogP contribution in [-0.4, -0.2) is 12.7 Å². The van der Waals surface area contributed by atoms with Crippen molar-refractivity contribution in [2.24, 2.45) is 0 Å². The topological polar surface area (TPSA) is 73.6 Å². The summed E-state index contributed by atoms with van der Waals surface area (Å²) in [4.78, 5) is 12.0. The third-order valence-electron chi connectivity index (χ3n) is 3.07. The van der Waals surface area contributed by atoms with Crippen LogP contribution in [0.25, 0.3) is 0 Å². The van der Waals surface area contributed by atoms with Gasteiger partial charge in [0.15, 0.2) is 11.5 Å². The van der Waals surface area contributed by atoms with Crippen LogP contribution in [-0.2, 0) is 11.2 Å². The summed E-state index contributed by atoms with van der Waals surface area (Å²) in [6.07, 6.45) is 0.0612. The molecular formula is C15H13FN2O3. The van der Waals surface area contributed by atoms with Gasteiger partial charge in [0.25, 0.3) is 0 Å². The van der Waals surface area contributed by atoms with Gasteiger partial charge < -0.3 is 20.5 Å². The van der Waals surface area contributed by atoms with E-state index in [0.717, 1.165) is 0 Å². The van der Waals surface area contributed by atoms with Gasteiger partial charge in [0.2, 0.25) is 12.7 Å². The van der Waals surface area contributed by atoms with Gasteiger partial charge in [-0.3, -0.25) is 4.79 Å². The number of nitrogen functional groups attached to an aromatic ring is 1. The molecule has 1 amide bonds. The molecule has 0 bridgehead atoms. The van der Waals surface area contributed by atoms with E-state index >= 15 is 0 Å². The Balaban J connectivity index is 1.73. The fourth-order valence-corrected chi connectivity index (χ4v) is 2.09. The number of fused-ring (bicyclic) bond motifs is 1. The molecule has 0 saturated carbocycles. The van der Waals surface area contributed by atoms with Crippen molar-refractivity contribution in [3.63, 3.8) is 0 Å². The van der Waals surface area contributed by atoms with Crippen molar-refractivity contribution in [2.45, 2.75) is 6.42 Å². The highest BCUT2D eigenvalue weighted by molar-refractivity contribution is 5.95. The molecule has 5 nitrogen and oxygen atoms in total. The molecule has 0 atom stereocenters. The number of nitrogens with one attached hydrogen (secondary N) is 1. The fraction of sp³-hybridized carbons (Fsp3) is 0.133. The highest BCUT2D eigenvalue weighted by Gasteiger charge is 2.17. The van der Waals surface area contributed by atoms with E-state index in [-0.39, 0.29) is 24.9 Å². The van der Waals surface area contributed by atoms with Crippen molar-refractivity contribution in [1.29, 1.82) is 0 Å². The van der Waals surface area contributed by atoms with Gasteiger partial charge >= 0.3 is 0 Å². The Morgan fingerprint density at radius 2 is 2.00 bits per heavy atom. The molecule has 0 radical (unpaired) electrons. The number of hydrogen-bond acceptors (Lipinski definition) is 4. The van der Waals surface area contributed by atoms with E-state index in [2.05, 4.69) is 5.32 Å². The molecule has 0 fully saturated rings. The van der Waals surface area contributed by atoms with E-state index in [0.29, 0.717) is 28.4 Å². The van der Waals surface area contributed by atoms with Crippen LogP contribution in [0.5, 0.6) is 11.5 Å². The summed E-state index contributed by atoms with van der Waals surface area (Å²) < 4.78 is 23.5. The van der Waals surface area contributed by atoms with Gasteiger partial charge in [-0.2, -0.15) is 0 Å². The first-order valence-electron chi connectivity index (χ1n) is 6.35. The Labute approximate surface area is 120 Å². The minimum absolute atomic E-state index is 0.0612. The van der Waals surface area contributed by atoms with Crippen LogP contribution in [0.3, 0.4) is 0 Å². The second kappa shape index (κ2) is 5.32. The van der Waals surface area contributed by atoms with Crippen molar-refractivity contribution >= 4 is 17.3 Å². The minimum Gasteiger partial charge on any atom is -0.454 e. The largest absolute Gasteiger partial charge is 0.454 e. The quantitative estimate of drug-likeness (QED) is 0.850. The summed E-state index contributed by atoms with van der Waals surface area (Å²) in [6.45, 7) is 0.134. The zero-order chi connectivity index (χ0) is 14.8. The predicted octanol–water partition coefficient (Wildman–Crippen LogP) is 2.32. The van der Waals surface area contributed by atoms with Crippen LogP contribution in [0, 0.1) is 5.82 Å². The van der Waals surface area contributed by atoms with Crippen LogP contribution in [0.2, 0.25) is 0 Å². The van der Waals surface area contributed by atoms with E-state index < -0.39 is 0 Å². The zero-order valence-electron chi connectivity index (χ0n) is 11.1. The number of anilines is 2. The first kappa shape index (κ1) is 13.2. The van der Waals surface area contributed by atoms with E-state index in [1.807, 2.05) is 0 Å². The summed E-state index contributed by atoms with van der Waals surface area (Å²) in [5.74, 6) is 0.426. The maximum atomic E-state index is 13.1. The number of nitrogens with two attached hydrogens (primary N) is 1. The van der Waals surface area contributed by atoms with Gasteiger partial charge in [-0.15, -0.1) is 0 Å². The molecule has 6 heteroatoms. The normalized spacial score (nSPS) is 12.2. The Bertz CT molecular complexity index is 703. The Kier molecular flexibility index (Phi) is 3.35. The lowest BCUT2D eigenvalue weighted by Gasteiger charge is -2.09. The smallest absolute Gasteiger partial charge is 0.231 e. The summed E-state index contributed by atoms with van der Waals surface area (Å²) in [5, 5.41) is 2.69. The van der Waals surface area contributed by atoms with Crippen LogP contribution in [0.4, 0.5) is 15.8 Å². The van der Waals surface area contributed by atoms with Gasteiger partial charge in [0, 0.05) is 12.1 Å². The lowest BCUT2D eigenvalue weighted by Crippen LogP contribution is -2.15. The number of ether oxygens (including phenoxy) is 2. The molecule has 3 N–H and O–H groups in total. The summed E-state index contributed by atoms with van der Waals surface area (Å²) in [6, 6.07) is 9.11. The number of hydrogen-bond donors (Lipinski definition) is 2. The average molecular weight is 288 g/mol. The molecule has 21 heavy (non-hydrogen) atoms. The molecule has 2 aromatic rings. The monoisotopic (exact) mass is 288 g/mol. The lowest BCUT2D eigenvalue weighted by atomic mass is 10.1. The lowest BCUT2D eigenvalue weighted by molar-refractivity contribution is -0.115. The number of rotatable bonds is 3. The average Bonchev–Trinajstić information content (AvgIpc) is 2.86. The Morgan fingerprint density at radius 1 is 1.24 bits per heavy atom. The summed E-state index contributed by atoms with van der Waals surface area (Å²) in [7, 11) is 0. The van der Waals surface area contributed by atoms with E-state index in [4.69, 9.17) is 15.2 Å². The first-order chi connectivity index (χ1) is 10.1. The molecule has 0 aliphatic carbocycles. The highest BCUT2D eigenvalue weighted by Crippen LogP contribution is 2.38. The van der Waals surface area contributed by atoms with Crippen LogP contribution >= 0.6 is 0 Å². The van der Waals surface area contributed by atoms with E-state index in [1.165, 1.54) is 12.1 Å².